The largest absolute Gasteiger partial charge is 0.424 e. The second kappa shape index (κ2) is 6.83. The molecule has 0 radical (unpaired) electrons. The van der Waals surface area contributed by atoms with Gasteiger partial charge in [-0.15, -0.1) is 10.2 Å². The molecule has 0 N–H and O–H groups in total. The van der Waals surface area contributed by atoms with Gasteiger partial charge in [-0.3, -0.25) is 9.69 Å². The molecule has 0 unspecified atom stereocenters. The van der Waals surface area contributed by atoms with Gasteiger partial charge in [-0.05, 0) is 37.1 Å². The maximum absolute atomic E-state index is 13.6. The van der Waals surface area contributed by atoms with E-state index in [1.807, 2.05) is 7.05 Å². The molecule has 1 saturated heterocycles. The van der Waals surface area contributed by atoms with Crippen LogP contribution in [0.15, 0.2) is 28.7 Å². The van der Waals surface area contributed by atoms with Crippen molar-refractivity contribution in [3.63, 3.8) is 0 Å². The van der Waals surface area contributed by atoms with Crippen LogP contribution >= 0.6 is 0 Å². The second-order valence-corrected chi connectivity index (χ2v) is 7.58. The Morgan fingerprint density at radius 1 is 1.15 bits per heavy atom. The van der Waals surface area contributed by atoms with Gasteiger partial charge in [0.1, 0.15) is 5.54 Å². The molecule has 1 aliphatic heterocycles. The maximum atomic E-state index is 13.6. The highest BCUT2D eigenvalue weighted by molar-refractivity contribution is 5.88. The smallest absolute Gasteiger partial charge is 0.243 e. The molecule has 6 heteroatoms. The van der Waals surface area contributed by atoms with E-state index < -0.39 is 5.54 Å². The Kier molecular flexibility index (Phi) is 4.53. The molecule has 0 saturated carbocycles. The van der Waals surface area contributed by atoms with Crippen LogP contribution in [0.5, 0.6) is 0 Å². The number of nitrogens with zero attached hydrogens (tertiary/aromatic N) is 4. The first kappa shape index (κ1) is 17.2. The zero-order chi connectivity index (χ0) is 18.1. The van der Waals surface area contributed by atoms with E-state index in [0.29, 0.717) is 18.3 Å². The predicted octanol–water partition coefficient (Wildman–Crippen LogP) is 2.36. The Morgan fingerprint density at radius 2 is 1.81 bits per heavy atom. The molecule has 1 aromatic carbocycles. The Bertz CT molecular complexity index is 770. The number of benzene rings is 1. The highest BCUT2D eigenvalue weighted by Gasteiger charge is 2.49. The van der Waals surface area contributed by atoms with Gasteiger partial charge in [0, 0.05) is 26.8 Å². The van der Waals surface area contributed by atoms with E-state index in [-0.39, 0.29) is 5.91 Å². The molecule has 1 aromatic heterocycles. The average Bonchev–Trinajstić information content (AvgIpc) is 3.25. The fraction of sp³-hybridized carbons (Fsp3) is 0.550. The lowest BCUT2D eigenvalue weighted by Crippen LogP contribution is -2.61. The van der Waals surface area contributed by atoms with Crippen LogP contribution in [-0.2, 0) is 24.2 Å². The van der Waals surface area contributed by atoms with Crippen molar-refractivity contribution in [1.29, 1.82) is 0 Å². The predicted molar refractivity (Wildman–Crippen MR) is 97.5 cm³/mol. The van der Waals surface area contributed by atoms with Gasteiger partial charge >= 0.3 is 0 Å². The molecule has 4 rings (SSSR count). The standard InChI is InChI=1S/C20H26N4O2/c1-15-21-22-18(26-15)14-23(2)19(25)20(24-10-6-3-7-11-24)12-16-8-4-5-9-17(16)13-20/h4-5,8-9H,3,6-7,10-14H2,1-2H3. The summed E-state index contributed by atoms with van der Waals surface area (Å²) >= 11 is 0. The van der Waals surface area contributed by atoms with Gasteiger partial charge < -0.3 is 9.32 Å². The zero-order valence-corrected chi connectivity index (χ0v) is 15.6. The third kappa shape index (κ3) is 3.03. The van der Waals surface area contributed by atoms with E-state index in [4.69, 9.17) is 4.42 Å². The van der Waals surface area contributed by atoms with Crippen LogP contribution in [0, 0.1) is 6.92 Å². The zero-order valence-electron chi connectivity index (χ0n) is 15.6. The molecule has 0 spiro atoms. The molecule has 2 heterocycles. The highest BCUT2D eigenvalue weighted by Crippen LogP contribution is 2.37. The van der Waals surface area contributed by atoms with Gasteiger partial charge in [-0.2, -0.15) is 0 Å². The van der Waals surface area contributed by atoms with E-state index in [1.165, 1.54) is 17.5 Å². The van der Waals surface area contributed by atoms with Crippen LogP contribution in [-0.4, -0.2) is 51.6 Å². The number of aromatic nitrogens is 2. The van der Waals surface area contributed by atoms with Crippen molar-refractivity contribution in [2.24, 2.45) is 0 Å². The van der Waals surface area contributed by atoms with Gasteiger partial charge in [-0.25, -0.2) is 0 Å². The molecule has 1 amide bonds. The number of aryl methyl sites for hydroxylation is 1. The lowest BCUT2D eigenvalue weighted by molar-refractivity contribution is -0.144. The second-order valence-electron chi connectivity index (χ2n) is 7.58. The molecular formula is C20H26N4O2. The van der Waals surface area contributed by atoms with E-state index in [9.17, 15) is 4.79 Å². The lowest BCUT2D eigenvalue weighted by Gasteiger charge is -2.43. The molecule has 26 heavy (non-hydrogen) atoms. The highest BCUT2D eigenvalue weighted by atomic mass is 16.4. The van der Waals surface area contributed by atoms with Gasteiger partial charge in [0.2, 0.25) is 17.7 Å². The first-order valence-corrected chi connectivity index (χ1v) is 9.45. The minimum absolute atomic E-state index is 0.159. The fourth-order valence-electron chi connectivity index (χ4n) is 4.46. The first-order chi connectivity index (χ1) is 12.6. The average molecular weight is 354 g/mol. The molecular weight excluding hydrogens is 328 g/mol. The van der Waals surface area contributed by atoms with Crippen molar-refractivity contribution in [2.45, 2.75) is 51.1 Å². The molecule has 0 bridgehead atoms. The van der Waals surface area contributed by atoms with Crippen LogP contribution < -0.4 is 0 Å². The van der Waals surface area contributed by atoms with E-state index in [0.717, 1.165) is 38.8 Å². The Labute approximate surface area is 154 Å². The third-order valence-electron chi connectivity index (χ3n) is 5.73. The number of carbonyl (C=O) groups excluding carboxylic acids is 1. The van der Waals surface area contributed by atoms with Crippen molar-refractivity contribution < 1.29 is 9.21 Å². The number of likely N-dealkylation sites (tertiary alicyclic amines) is 1. The summed E-state index contributed by atoms with van der Waals surface area (Å²) in [5, 5.41) is 7.92. The van der Waals surface area contributed by atoms with Gasteiger partial charge in [0.05, 0.1) is 6.54 Å². The molecule has 2 aliphatic rings. The molecule has 138 valence electrons. The summed E-state index contributed by atoms with van der Waals surface area (Å²) in [7, 11) is 1.84. The first-order valence-electron chi connectivity index (χ1n) is 9.45. The lowest BCUT2D eigenvalue weighted by atomic mass is 9.89. The monoisotopic (exact) mass is 354 g/mol. The van der Waals surface area contributed by atoms with E-state index >= 15 is 0 Å². The van der Waals surface area contributed by atoms with Crippen molar-refractivity contribution in [3.05, 3.63) is 47.2 Å². The number of rotatable bonds is 4. The summed E-state index contributed by atoms with van der Waals surface area (Å²) in [6.45, 7) is 4.10. The summed E-state index contributed by atoms with van der Waals surface area (Å²) < 4.78 is 5.48. The van der Waals surface area contributed by atoms with Crippen LogP contribution in [0.2, 0.25) is 0 Å². The van der Waals surface area contributed by atoms with Crippen molar-refractivity contribution in [1.82, 2.24) is 20.0 Å². The fourth-order valence-corrected chi connectivity index (χ4v) is 4.46. The minimum atomic E-state index is -0.478. The maximum Gasteiger partial charge on any atom is 0.243 e. The van der Waals surface area contributed by atoms with Crippen molar-refractivity contribution in [3.8, 4) is 0 Å². The number of hydrogen-bond donors (Lipinski definition) is 0. The summed E-state index contributed by atoms with van der Waals surface area (Å²) in [4.78, 5) is 17.8. The molecule has 6 nitrogen and oxygen atoms in total. The van der Waals surface area contributed by atoms with E-state index in [2.05, 4.69) is 39.4 Å². The summed E-state index contributed by atoms with van der Waals surface area (Å²) in [5.74, 6) is 1.17. The number of piperidine rings is 1. The summed E-state index contributed by atoms with van der Waals surface area (Å²) in [6.07, 6.45) is 5.16. The number of amides is 1. The summed E-state index contributed by atoms with van der Waals surface area (Å²) in [6, 6.07) is 8.46. The van der Waals surface area contributed by atoms with Crippen LogP contribution in [0.25, 0.3) is 0 Å². The molecule has 2 aromatic rings. The number of fused-ring (bicyclic) bond motifs is 1. The summed E-state index contributed by atoms with van der Waals surface area (Å²) in [5.41, 5.74) is 2.12. The normalized spacial score (nSPS) is 19.3. The molecule has 1 aliphatic carbocycles. The van der Waals surface area contributed by atoms with Crippen LogP contribution in [0.1, 0.15) is 42.2 Å². The van der Waals surface area contributed by atoms with Crippen LogP contribution in [0.3, 0.4) is 0 Å². The third-order valence-corrected chi connectivity index (χ3v) is 5.73. The van der Waals surface area contributed by atoms with Gasteiger partial charge in [0.15, 0.2) is 0 Å². The molecule has 0 atom stereocenters. The SMILES string of the molecule is Cc1nnc(CN(C)C(=O)C2(N3CCCCC3)Cc3ccccc3C2)o1. The van der Waals surface area contributed by atoms with Crippen LogP contribution in [0.4, 0.5) is 0 Å². The van der Waals surface area contributed by atoms with E-state index in [1.54, 1.807) is 11.8 Å². The van der Waals surface area contributed by atoms with Gasteiger partial charge in [0.25, 0.3) is 0 Å². The van der Waals surface area contributed by atoms with Gasteiger partial charge in [-0.1, -0.05) is 30.7 Å². The number of hydrogen-bond acceptors (Lipinski definition) is 5. The number of carbonyl (C=O) groups is 1. The quantitative estimate of drug-likeness (QED) is 0.843. The Morgan fingerprint density at radius 3 is 2.38 bits per heavy atom. The van der Waals surface area contributed by atoms with Crippen molar-refractivity contribution >= 4 is 5.91 Å². The molecule has 1 fully saturated rings. The minimum Gasteiger partial charge on any atom is -0.424 e. The number of likely N-dealkylation sites (N-methyl/N-ethyl adjacent to an activating group) is 1. The Balaban J connectivity index is 1.61. The Hall–Kier alpha value is -2.21. The topological polar surface area (TPSA) is 62.5 Å². The van der Waals surface area contributed by atoms with Crippen molar-refractivity contribution in [2.75, 3.05) is 20.1 Å².